The molecule has 0 amide bonds. The second-order valence-electron chi connectivity index (χ2n) is 16.2. The molecule has 1 unspecified atom stereocenters. The molecule has 0 radical (unpaired) electrons. The van der Waals surface area contributed by atoms with E-state index < -0.39 is 0 Å². The summed E-state index contributed by atoms with van der Waals surface area (Å²) in [6.07, 6.45) is 5.59. The maximum absolute atomic E-state index is 2.47. The predicted octanol–water partition coefficient (Wildman–Crippen LogP) is 16.1. The van der Waals surface area contributed by atoms with Crippen LogP contribution >= 0.6 is 0 Å². The molecule has 290 valence electrons. The Labute approximate surface area is 357 Å². The van der Waals surface area contributed by atoms with Gasteiger partial charge in [-0.2, -0.15) is 0 Å². The average molecular weight is 781 g/mol. The minimum absolute atomic E-state index is 0.352. The number of nitrogens with zero attached hydrogens (tertiary/aromatic N) is 2. The van der Waals surface area contributed by atoms with Crippen molar-refractivity contribution in [3.63, 3.8) is 0 Å². The van der Waals surface area contributed by atoms with Crippen LogP contribution in [0.1, 0.15) is 18.9 Å². The molecule has 0 aliphatic heterocycles. The van der Waals surface area contributed by atoms with Crippen molar-refractivity contribution in [3.8, 4) is 39.1 Å². The summed E-state index contributed by atoms with van der Waals surface area (Å²) in [5.74, 6) is 0.352. The van der Waals surface area contributed by atoms with Gasteiger partial charge in [-0.3, -0.25) is 0 Å². The summed E-state index contributed by atoms with van der Waals surface area (Å²) in [4.78, 5) is 2.47. The van der Waals surface area contributed by atoms with Crippen LogP contribution in [0.5, 0.6) is 0 Å². The number of rotatable bonds is 8. The number of hydrogen-bond acceptors (Lipinski definition) is 1. The van der Waals surface area contributed by atoms with E-state index in [0.29, 0.717) is 5.92 Å². The molecule has 0 fully saturated rings. The Hall–Kier alpha value is -7.68. The average Bonchev–Trinajstić information content (AvgIpc) is 3.67. The molecule has 0 saturated carbocycles. The molecule has 61 heavy (non-hydrogen) atoms. The van der Waals surface area contributed by atoms with E-state index in [1.807, 2.05) is 0 Å². The van der Waals surface area contributed by atoms with Gasteiger partial charge < -0.3 is 9.47 Å². The van der Waals surface area contributed by atoms with Gasteiger partial charge in [-0.05, 0) is 122 Å². The molecule has 0 N–H and O–H groups in total. The van der Waals surface area contributed by atoms with E-state index in [1.54, 1.807) is 0 Å². The number of aromatic nitrogens is 1. The van der Waals surface area contributed by atoms with Gasteiger partial charge >= 0.3 is 0 Å². The van der Waals surface area contributed by atoms with Gasteiger partial charge in [0.1, 0.15) is 0 Å². The lowest BCUT2D eigenvalue weighted by Gasteiger charge is -2.32. The van der Waals surface area contributed by atoms with Crippen LogP contribution in [0.25, 0.3) is 77.2 Å². The Balaban J connectivity index is 1.00. The van der Waals surface area contributed by atoms with Crippen LogP contribution in [0, 0.1) is 5.92 Å². The maximum atomic E-state index is 2.47. The van der Waals surface area contributed by atoms with Gasteiger partial charge in [0, 0.05) is 33.5 Å². The van der Waals surface area contributed by atoms with Crippen molar-refractivity contribution in [2.24, 2.45) is 5.92 Å². The normalized spacial score (nSPS) is 14.0. The van der Waals surface area contributed by atoms with Gasteiger partial charge in [0.15, 0.2) is 0 Å². The molecule has 2 heteroatoms. The first-order chi connectivity index (χ1) is 30.2. The predicted molar refractivity (Wildman–Crippen MR) is 259 cm³/mol. The number of fused-ring (bicyclic) bond motifs is 4. The third kappa shape index (κ3) is 6.63. The number of allylic oxidation sites excluding steroid dienone is 4. The number of anilines is 2. The van der Waals surface area contributed by atoms with E-state index in [2.05, 4.69) is 247 Å². The molecule has 1 heterocycles. The molecule has 9 aromatic carbocycles. The van der Waals surface area contributed by atoms with Crippen LogP contribution in [0.3, 0.4) is 0 Å². The lowest BCUT2D eigenvalue weighted by molar-refractivity contribution is 0.715. The first kappa shape index (κ1) is 36.4. The van der Waals surface area contributed by atoms with Crippen LogP contribution in [0.2, 0.25) is 0 Å². The van der Waals surface area contributed by atoms with Crippen LogP contribution in [-0.4, -0.2) is 4.57 Å². The van der Waals surface area contributed by atoms with Gasteiger partial charge in [0.05, 0.1) is 11.0 Å². The molecule has 0 saturated heterocycles. The van der Waals surface area contributed by atoms with E-state index >= 15 is 0 Å². The molecule has 1 aliphatic carbocycles. The Bertz CT molecular complexity index is 3260. The highest BCUT2D eigenvalue weighted by Gasteiger charge is 2.24. The molecule has 2 nitrogen and oxygen atoms in total. The summed E-state index contributed by atoms with van der Waals surface area (Å²) in [5.41, 5.74) is 17.1. The van der Waals surface area contributed by atoms with Crippen LogP contribution in [-0.2, 0) is 0 Å². The topological polar surface area (TPSA) is 8.17 Å². The summed E-state index contributed by atoms with van der Waals surface area (Å²) in [5, 5.41) is 5.06. The zero-order chi connectivity index (χ0) is 40.7. The molecule has 10 aromatic rings. The third-order valence-electron chi connectivity index (χ3n) is 12.5. The van der Waals surface area contributed by atoms with E-state index in [4.69, 9.17) is 0 Å². The Morgan fingerprint density at radius 3 is 1.80 bits per heavy atom. The molecular weight excluding hydrogens is 737 g/mol. The van der Waals surface area contributed by atoms with Crippen molar-refractivity contribution in [3.05, 3.63) is 242 Å². The van der Waals surface area contributed by atoms with Crippen molar-refractivity contribution in [1.82, 2.24) is 4.57 Å². The Morgan fingerprint density at radius 1 is 0.426 bits per heavy atom. The smallest absolute Gasteiger partial charge is 0.0547 e. The largest absolute Gasteiger partial charge is 0.314 e. The maximum Gasteiger partial charge on any atom is 0.0547 e. The standard InChI is InChI=1S/C59H44N2/c1-41-39-51(37-38-52(41)44-15-4-2-5-16-44)60(49-35-33-43(34-36-49)42-29-31-46(32-30-42)54-25-13-18-45-17-8-9-23-53(45)54)50-22-12-19-47(40-50)55-26-14-28-58-59(55)56-24-10-11-27-57(56)61(58)48-20-6-3-7-21-48/h2-38,40-41H,39H2,1H3. The second kappa shape index (κ2) is 15.5. The monoisotopic (exact) mass is 780 g/mol. The lowest BCUT2D eigenvalue weighted by Crippen LogP contribution is -2.20. The molecule has 0 spiro atoms. The Kier molecular flexibility index (Phi) is 9.24. The third-order valence-corrected chi connectivity index (χ3v) is 12.5. The molecule has 11 rings (SSSR count). The summed E-state index contributed by atoms with van der Waals surface area (Å²) in [6.45, 7) is 2.36. The number of benzene rings is 9. The quantitative estimate of drug-likeness (QED) is 0.149. The first-order valence-corrected chi connectivity index (χ1v) is 21.3. The zero-order valence-corrected chi connectivity index (χ0v) is 34.1. The van der Waals surface area contributed by atoms with Crippen molar-refractivity contribution in [2.75, 3.05) is 4.90 Å². The molecule has 0 bridgehead atoms. The Morgan fingerprint density at radius 2 is 1.02 bits per heavy atom. The summed E-state index contributed by atoms with van der Waals surface area (Å²) >= 11 is 0. The van der Waals surface area contributed by atoms with Crippen molar-refractivity contribution < 1.29 is 0 Å². The fraction of sp³-hybridized carbons (Fsp3) is 0.0508. The highest BCUT2D eigenvalue weighted by Crippen LogP contribution is 2.43. The lowest BCUT2D eigenvalue weighted by atomic mass is 9.86. The molecule has 1 aromatic heterocycles. The highest BCUT2D eigenvalue weighted by atomic mass is 15.1. The van der Waals surface area contributed by atoms with Gasteiger partial charge in [0.2, 0.25) is 0 Å². The van der Waals surface area contributed by atoms with Gasteiger partial charge in [-0.1, -0.05) is 183 Å². The van der Waals surface area contributed by atoms with E-state index in [1.165, 1.54) is 82.8 Å². The highest BCUT2D eigenvalue weighted by molar-refractivity contribution is 6.16. The fourth-order valence-electron chi connectivity index (χ4n) is 9.55. The van der Waals surface area contributed by atoms with E-state index in [9.17, 15) is 0 Å². The zero-order valence-electron chi connectivity index (χ0n) is 34.1. The van der Waals surface area contributed by atoms with Crippen molar-refractivity contribution in [2.45, 2.75) is 13.3 Å². The first-order valence-electron chi connectivity index (χ1n) is 21.3. The molecular formula is C59H44N2. The number of para-hydroxylation sites is 2. The van der Waals surface area contributed by atoms with Crippen molar-refractivity contribution in [1.29, 1.82) is 0 Å². The van der Waals surface area contributed by atoms with Crippen LogP contribution < -0.4 is 4.90 Å². The molecule has 1 aliphatic rings. The fourth-order valence-corrected chi connectivity index (χ4v) is 9.55. The summed E-state index contributed by atoms with van der Waals surface area (Å²) in [7, 11) is 0. The van der Waals surface area contributed by atoms with E-state index in [0.717, 1.165) is 23.5 Å². The van der Waals surface area contributed by atoms with Crippen LogP contribution in [0.4, 0.5) is 11.4 Å². The van der Waals surface area contributed by atoms with Crippen molar-refractivity contribution >= 4 is 49.5 Å². The number of hydrogen-bond donors (Lipinski definition) is 0. The van der Waals surface area contributed by atoms with Gasteiger partial charge in [-0.15, -0.1) is 0 Å². The second-order valence-corrected chi connectivity index (χ2v) is 16.2. The summed E-state index contributed by atoms with van der Waals surface area (Å²) in [6, 6.07) is 79.5. The minimum atomic E-state index is 0.352. The van der Waals surface area contributed by atoms with E-state index in [-0.39, 0.29) is 0 Å². The SMILES string of the molecule is CC1CC(N(c2ccc(-c3ccc(-c4cccc5ccccc45)cc3)cc2)c2cccc(-c3cccc4c3c3ccccc3n4-c3ccccc3)c2)=CC=C1c1ccccc1. The van der Waals surface area contributed by atoms with Gasteiger partial charge in [-0.25, -0.2) is 0 Å². The summed E-state index contributed by atoms with van der Waals surface area (Å²) < 4.78 is 2.40. The minimum Gasteiger partial charge on any atom is -0.314 e. The van der Waals surface area contributed by atoms with Gasteiger partial charge in [0.25, 0.3) is 0 Å². The van der Waals surface area contributed by atoms with Crippen LogP contribution in [0.15, 0.2) is 236 Å². The molecule has 1 atom stereocenters.